The lowest BCUT2D eigenvalue weighted by atomic mass is 10.1. The van der Waals surface area contributed by atoms with Crippen LogP contribution in [0.15, 0.2) is 12.3 Å². The number of sulfone groups is 1. The predicted molar refractivity (Wildman–Crippen MR) is 69.7 cm³/mol. The van der Waals surface area contributed by atoms with Crippen molar-refractivity contribution in [3.8, 4) is 5.88 Å². The fourth-order valence-electron chi connectivity index (χ4n) is 1.64. The second-order valence-corrected chi connectivity index (χ2v) is 6.53. The minimum Gasteiger partial charge on any atom is -0.476 e. The normalized spacial score (nSPS) is 15.0. The first-order valence-electron chi connectivity index (χ1n) is 5.75. The molecule has 1 aromatic rings. The zero-order chi connectivity index (χ0) is 14.6. The van der Waals surface area contributed by atoms with Gasteiger partial charge in [-0.25, -0.2) is 17.8 Å². The third-order valence-corrected chi connectivity index (χ3v) is 4.45. The Kier molecular flexibility index (Phi) is 5.21. The van der Waals surface area contributed by atoms with Crippen LogP contribution in [0.2, 0.25) is 0 Å². The van der Waals surface area contributed by atoms with E-state index in [-0.39, 0.29) is 18.1 Å². The van der Waals surface area contributed by atoms with Gasteiger partial charge in [0.15, 0.2) is 15.7 Å². The summed E-state index contributed by atoms with van der Waals surface area (Å²) in [4.78, 5) is 3.75. The quantitative estimate of drug-likeness (QED) is 0.587. The molecule has 0 fully saturated rings. The third kappa shape index (κ3) is 3.62. The Morgan fingerprint density at radius 2 is 2.21 bits per heavy atom. The first kappa shape index (κ1) is 15.8. The monoisotopic (exact) mass is 291 g/mol. The highest BCUT2D eigenvalue weighted by atomic mass is 32.2. The first-order chi connectivity index (χ1) is 8.82. The Labute approximate surface area is 112 Å². The van der Waals surface area contributed by atoms with Gasteiger partial charge in [-0.2, -0.15) is 0 Å². The van der Waals surface area contributed by atoms with Crippen molar-refractivity contribution in [2.24, 2.45) is 5.84 Å². The topological polar surface area (TPSA) is 94.3 Å². The Morgan fingerprint density at radius 3 is 2.68 bits per heavy atom. The fraction of sp³-hybridized carbons (Fsp3) is 0.545. The van der Waals surface area contributed by atoms with Crippen LogP contribution >= 0.6 is 0 Å². The molecule has 19 heavy (non-hydrogen) atoms. The molecule has 6 nitrogen and oxygen atoms in total. The van der Waals surface area contributed by atoms with Gasteiger partial charge in [0.25, 0.3) is 5.88 Å². The molecular formula is C11H18FN3O3S. The summed E-state index contributed by atoms with van der Waals surface area (Å²) in [7, 11) is -3.37. The van der Waals surface area contributed by atoms with E-state index in [0.717, 1.165) is 6.26 Å². The molecule has 1 aromatic heterocycles. The van der Waals surface area contributed by atoms with Crippen LogP contribution in [0, 0.1) is 5.82 Å². The molecule has 0 saturated heterocycles. The zero-order valence-corrected chi connectivity index (χ0v) is 11.9. The van der Waals surface area contributed by atoms with Gasteiger partial charge in [0.05, 0.1) is 17.9 Å². The number of nitrogens with zero attached hydrogens (tertiary/aromatic N) is 1. The predicted octanol–water partition coefficient (Wildman–Crippen LogP) is 0.557. The number of aromatic nitrogens is 1. The number of hydrogen-bond donors (Lipinski definition) is 2. The molecule has 0 amide bonds. The Bertz CT molecular complexity index is 536. The van der Waals surface area contributed by atoms with Gasteiger partial charge in [0, 0.05) is 18.0 Å². The van der Waals surface area contributed by atoms with Crippen LogP contribution in [0.5, 0.6) is 5.88 Å². The summed E-state index contributed by atoms with van der Waals surface area (Å²) in [5.74, 6) is 4.48. The molecular weight excluding hydrogens is 273 g/mol. The molecule has 8 heteroatoms. The highest BCUT2D eigenvalue weighted by molar-refractivity contribution is 7.91. The average molecular weight is 291 g/mol. The summed E-state index contributed by atoms with van der Waals surface area (Å²) in [5, 5.41) is -0.885. The van der Waals surface area contributed by atoms with Crippen LogP contribution < -0.4 is 16.0 Å². The van der Waals surface area contributed by atoms with Crippen LogP contribution in [0.3, 0.4) is 0 Å². The molecule has 0 aliphatic heterocycles. The van der Waals surface area contributed by atoms with Crippen molar-refractivity contribution in [3.63, 3.8) is 0 Å². The minimum atomic E-state index is -3.37. The van der Waals surface area contributed by atoms with Crippen molar-refractivity contribution in [1.82, 2.24) is 10.4 Å². The minimum absolute atomic E-state index is 0.110. The SMILES string of the molecule is CCOc1nccc(C(NN)C(C)S(C)(=O)=O)c1F. The van der Waals surface area contributed by atoms with E-state index >= 15 is 0 Å². The molecule has 0 aliphatic rings. The van der Waals surface area contributed by atoms with Gasteiger partial charge in [-0.1, -0.05) is 0 Å². The summed E-state index contributed by atoms with van der Waals surface area (Å²) in [6.07, 6.45) is 2.42. The van der Waals surface area contributed by atoms with Crippen LogP contribution in [-0.2, 0) is 9.84 Å². The van der Waals surface area contributed by atoms with Crippen molar-refractivity contribution in [2.45, 2.75) is 25.1 Å². The highest BCUT2D eigenvalue weighted by Crippen LogP contribution is 2.27. The Morgan fingerprint density at radius 1 is 1.58 bits per heavy atom. The molecule has 3 N–H and O–H groups in total. The summed E-state index contributed by atoms with van der Waals surface area (Å²) < 4.78 is 42.3. The standard InChI is InChI=1S/C11H18FN3O3S/c1-4-18-11-9(12)8(5-6-14-11)10(15-13)7(2)19(3,16)17/h5-7,10,15H,4,13H2,1-3H3. The molecule has 1 rings (SSSR count). The molecule has 108 valence electrons. The van der Waals surface area contributed by atoms with Gasteiger partial charge < -0.3 is 4.74 Å². The lowest BCUT2D eigenvalue weighted by Crippen LogP contribution is -2.39. The third-order valence-electron chi connectivity index (χ3n) is 2.83. The maximum absolute atomic E-state index is 14.2. The second-order valence-electron chi connectivity index (χ2n) is 4.13. The van der Waals surface area contributed by atoms with Crippen molar-refractivity contribution in [3.05, 3.63) is 23.6 Å². The fourth-order valence-corrected chi connectivity index (χ4v) is 2.36. The van der Waals surface area contributed by atoms with E-state index in [2.05, 4.69) is 10.4 Å². The Hall–Kier alpha value is -1.25. The number of hydrazine groups is 1. The Balaban J connectivity index is 3.23. The first-order valence-corrected chi connectivity index (χ1v) is 7.70. The van der Waals surface area contributed by atoms with E-state index in [1.807, 2.05) is 0 Å². The van der Waals surface area contributed by atoms with Gasteiger partial charge in [-0.05, 0) is 19.9 Å². The summed E-state index contributed by atoms with van der Waals surface area (Å²) in [6, 6.07) is 0.501. The molecule has 0 bridgehead atoms. The van der Waals surface area contributed by atoms with Crippen LogP contribution in [0.25, 0.3) is 0 Å². The number of rotatable bonds is 6. The average Bonchev–Trinajstić information content (AvgIpc) is 2.33. The number of ether oxygens (including phenoxy) is 1. The summed E-state index contributed by atoms with van der Waals surface area (Å²) in [6.45, 7) is 3.42. The van der Waals surface area contributed by atoms with E-state index in [1.165, 1.54) is 19.2 Å². The van der Waals surface area contributed by atoms with E-state index < -0.39 is 26.9 Å². The van der Waals surface area contributed by atoms with Gasteiger partial charge in [-0.3, -0.25) is 11.3 Å². The number of pyridine rings is 1. The number of hydrogen-bond acceptors (Lipinski definition) is 6. The van der Waals surface area contributed by atoms with Crippen molar-refractivity contribution >= 4 is 9.84 Å². The molecule has 1 heterocycles. The highest BCUT2D eigenvalue weighted by Gasteiger charge is 2.29. The second kappa shape index (κ2) is 6.27. The van der Waals surface area contributed by atoms with Gasteiger partial charge in [0.2, 0.25) is 0 Å². The summed E-state index contributed by atoms with van der Waals surface area (Å²) >= 11 is 0. The van der Waals surface area contributed by atoms with Crippen LogP contribution in [-0.4, -0.2) is 31.5 Å². The van der Waals surface area contributed by atoms with E-state index in [1.54, 1.807) is 6.92 Å². The smallest absolute Gasteiger partial charge is 0.250 e. The van der Waals surface area contributed by atoms with Gasteiger partial charge >= 0.3 is 0 Å². The van der Waals surface area contributed by atoms with Crippen molar-refractivity contribution in [1.29, 1.82) is 0 Å². The molecule has 0 radical (unpaired) electrons. The zero-order valence-electron chi connectivity index (χ0n) is 11.1. The largest absolute Gasteiger partial charge is 0.476 e. The van der Waals surface area contributed by atoms with Crippen LogP contribution in [0.1, 0.15) is 25.5 Å². The summed E-state index contributed by atoms with van der Waals surface area (Å²) in [5.41, 5.74) is 2.44. The van der Waals surface area contributed by atoms with E-state index in [4.69, 9.17) is 10.6 Å². The van der Waals surface area contributed by atoms with E-state index in [0.29, 0.717) is 0 Å². The van der Waals surface area contributed by atoms with E-state index in [9.17, 15) is 12.8 Å². The van der Waals surface area contributed by atoms with Crippen LogP contribution in [0.4, 0.5) is 4.39 Å². The van der Waals surface area contributed by atoms with Gasteiger partial charge in [-0.15, -0.1) is 0 Å². The number of nitrogens with two attached hydrogens (primary N) is 1. The van der Waals surface area contributed by atoms with Gasteiger partial charge in [0.1, 0.15) is 0 Å². The number of nitrogens with one attached hydrogen (secondary N) is 1. The maximum atomic E-state index is 14.2. The number of halogens is 1. The molecule has 0 aliphatic carbocycles. The van der Waals surface area contributed by atoms with Crippen molar-refractivity contribution in [2.75, 3.05) is 12.9 Å². The molecule has 2 atom stereocenters. The molecule has 2 unspecified atom stereocenters. The lowest BCUT2D eigenvalue weighted by Gasteiger charge is -2.23. The molecule has 0 saturated carbocycles. The molecule has 0 spiro atoms. The maximum Gasteiger partial charge on any atom is 0.250 e. The lowest BCUT2D eigenvalue weighted by molar-refractivity contribution is 0.304. The molecule has 0 aromatic carbocycles. The van der Waals surface area contributed by atoms with Crippen molar-refractivity contribution < 1.29 is 17.5 Å².